The molecular formula is C46H57Cl2N2P. The van der Waals surface area contributed by atoms with Crippen molar-refractivity contribution in [2.24, 2.45) is 0 Å². The summed E-state index contributed by atoms with van der Waals surface area (Å²) < 4.78 is 0. The van der Waals surface area contributed by atoms with E-state index < -0.39 is 0 Å². The van der Waals surface area contributed by atoms with E-state index in [0.717, 1.165) is 17.7 Å². The van der Waals surface area contributed by atoms with Crippen LogP contribution in [-0.4, -0.2) is 17.0 Å². The van der Waals surface area contributed by atoms with E-state index >= 15 is 0 Å². The SMILES string of the molecule is Cc1cc(C)c(N2C(Cl)=C(Cl)N(c3c(C)cc(C)cc3C)C2=C2C(=Cc3ccccc3)CCCC2P(C2CCCCC2)C2CCCCC2)c(C)c1. The Bertz CT molecular complexity index is 1700. The average molecular weight is 740 g/mol. The number of anilines is 2. The molecule has 1 atom stereocenters. The number of benzene rings is 3. The average Bonchev–Trinajstić information content (AvgIpc) is 3.34. The summed E-state index contributed by atoms with van der Waals surface area (Å²) in [6.07, 6.45) is 20.0. The first kappa shape index (κ1) is 36.8. The van der Waals surface area contributed by atoms with Crippen molar-refractivity contribution in [3.8, 4) is 0 Å². The number of halogens is 2. The molecule has 3 aliphatic carbocycles. The molecule has 51 heavy (non-hydrogen) atoms. The van der Waals surface area contributed by atoms with Crippen molar-refractivity contribution in [2.45, 2.75) is 142 Å². The van der Waals surface area contributed by atoms with Gasteiger partial charge in [0.15, 0.2) is 10.3 Å². The lowest BCUT2D eigenvalue weighted by molar-refractivity contribution is 0.479. The second-order valence-electron chi connectivity index (χ2n) is 16.0. The molecule has 3 saturated carbocycles. The molecule has 3 aromatic rings. The first-order chi connectivity index (χ1) is 24.6. The molecule has 1 aliphatic heterocycles. The molecule has 4 aliphatic rings. The highest BCUT2D eigenvalue weighted by atomic mass is 35.5. The predicted molar refractivity (Wildman–Crippen MR) is 225 cm³/mol. The zero-order valence-electron chi connectivity index (χ0n) is 31.8. The van der Waals surface area contributed by atoms with E-state index in [1.54, 1.807) is 0 Å². The molecule has 0 amide bonds. The molecule has 7 rings (SSSR count). The Morgan fingerprint density at radius 2 is 1.04 bits per heavy atom. The number of hydrogen-bond acceptors (Lipinski definition) is 2. The van der Waals surface area contributed by atoms with Gasteiger partial charge in [-0.05, 0) is 131 Å². The van der Waals surface area contributed by atoms with Gasteiger partial charge >= 0.3 is 0 Å². The van der Waals surface area contributed by atoms with Crippen LogP contribution in [0, 0.1) is 41.5 Å². The molecule has 5 heteroatoms. The maximum absolute atomic E-state index is 7.66. The summed E-state index contributed by atoms with van der Waals surface area (Å²) in [6.45, 7) is 13.4. The van der Waals surface area contributed by atoms with Crippen molar-refractivity contribution >= 4 is 48.6 Å². The van der Waals surface area contributed by atoms with Gasteiger partial charge in [0.2, 0.25) is 0 Å². The second kappa shape index (κ2) is 15.8. The van der Waals surface area contributed by atoms with Crippen LogP contribution in [0.4, 0.5) is 11.4 Å². The van der Waals surface area contributed by atoms with Gasteiger partial charge in [-0.3, -0.25) is 9.80 Å². The Labute approximate surface area is 319 Å². The van der Waals surface area contributed by atoms with E-state index in [4.69, 9.17) is 23.2 Å². The van der Waals surface area contributed by atoms with Crippen LogP contribution >= 0.6 is 31.1 Å². The van der Waals surface area contributed by atoms with E-state index in [9.17, 15) is 0 Å². The minimum atomic E-state index is -0.274. The summed E-state index contributed by atoms with van der Waals surface area (Å²) >= 11 is 15.3. The van der Waals surface area contributed by atoms with E-state index in [1.165, 1.54) is 144 Å². The molecule has 0 aromatic heterocycles. The second-order valence-corrected chi connectivity index (χ2v) is 19.7. The van der Waals surface area contributed by atoms with Crippen molar-refractivity contribution in [3.05, 3.63) is 121 Å². The number of hydrogen-bond donors (Lipinski definition) is 0. The van der Waals surface area contributed by atoms with Gasteiger partial charge in [0.1, 0.15) is 5.82 Å². The molecule has 3 fully saturated rings. The zero-order valence-corrected chi connectivity index (χ0v) is 34.2. The van der Waals surface area contributed by atoms with Crippen LogP contribution in [0.5, 0.6) is 0 Å². The lowest BCUT2D eigenvalue weighted by Crippen LogP contribution is -2.35. The number of aryl methyl sites for hydroxylation is 6. The van der Waals surface area contributed by atoms with Crippen molar-refractivity contribution in [3.63, 3.8) is 0 Å². The van der Waals surface area contributed by atoms with E-state index in [2.05, 4.69) is 112 Å². The van der Waals surface area contributed by atoms with Crippen molar-refractivity contribution in [2.75, 3.05) is 9.80 Å². The summed E-state index contributed by atoms with van der Waals surface area (Å²) in [5, 5.41) is 1.22. The summed E-state index contributed by atoms with van der Waals surface area (Å²) in [5.74, 6) is 1.18. The van der Waals surface area contributed by atoms with Crippen LogP contribution < -0.4 is 9.80 Å². The van der Waals surface area contributed by atoms with Crippen LogP contribution in [0.25, 0.3) is 6.08 Å². The minimum absolute atomic E-state index is 0.274. The predicted octanol–water partition coefficient (Wildman–Crippen LogP) is 14.5. The van der Waals surface area contributed by atoms with Crippen LogP contribution in [0.2, 0.25) is 0 Å². The van der Waals surface area contributed by atoms with Gasteiger partial charge in [0.05, 0.1) is 11.4 Å². The summed E-state index contributed by atoms with van der Waals surface area (Å²) in [7, 11) is -0.274. The fraction of sp³-hybridized carbons (Fsp3) is 0.478. The van der Waals surface area contributed by atoms with Crippen LogP contribution in [0.15, 0.2) is 81.9 Å². The first-order valence-corrected chi connectivity index (χ1v) is 22.0. The normalized spacial score (nSPS) is 21.9. The lowest BCUT2D eigenvalue weighted by Gasteiger charge is -2.47. The first-order valence-electron chi connectivity index (χ1n) is 19.7. The highest BCUT2D eigenvalue weighted by Gasteiger charge is 2.46. The maximum atomic E-state index is 7.66. The van der Waals surface area contributed by atoms with Crippen LogP contribution in [-0.2, 0) is 0 Å². The quantitative estimate of drug-likeness (QED) is 0.183. The van der Waals surface area contributed by atoms with Crippen LogP contribution in [0.1, 0.15) is 122 Å². The van der Waals surface area contributed by atoms with E-state index in [1.807, 2.05) is 0 Å². The third kappa shape index (κ3) is 7.37. The van der Waals surface area contributed by atoms with Gasteiger partial charge < -0.3 is 0 Å². The van der Waals surface area contributed by atoms with Gasteiger partial charge in [0, 0.05) is 11.2 Å². The highest BCUT2D eigenvalue weighted by molar-refractivity contribution is 7.60. The summed E-state index contributed by atoms with van der Waals surface area (Å²) in [5.41, 5.74) is 16.2. The zero-order chi connectivity index (χ0) is 35.8. The lowest BCUT2D eigenvalue weighted by atomic mass is 9.86. The molecule has 0 saturated heterocycles. The van der Waals surface area contributed by atoms with Gasteiger partial charge in [0.25, 0.3) is 0 Å². The number of allylic oxidation sites excluding steroid dienone is 2. The Hall–Kier alpha value is -2.51. The van der Waals surface area contributed by atoms with Crippen molar-refractivity contribution in [1.82, 2.24) is 0 Å². The summed E-state index contributed by atoms with van der Waals surface area (Å²) in [6, 6.07) is 20.3. The molecule has 0 bridgehead atoms. The molecule has 1 unspecified atom stereocenters. The van der Waals surface area contributed by atoms with Gasteiger partial charge in [-0.2, -0.15) is 0 Å². The summed E-state index contributed by atoms with van der Waals surface area (Å²) in [4.78, 5) is 4.77. The molecule has 0 spiro atoms. The Kier molecular flexibility index (Phi) is 11.4. The third-order valence-electron chi connectivity index (χ3n) is 12.0. The fourth-order valence-corrected chi connectivity index (χ4v) is 15.3. The van der Waals surface area contributed by atoms with Crippen LogP contribution in [0.3, 0.4) is 0 Å². The third-order valence-corrected chi connectivity index (χ3v) is 16.8. The molecule has 0 radical (unpaired) electrons. The van der Waals surface area contributed by atoms with Crippen molar-refractivity contribution < 1.29 is 0 Å². The monoisotopic (exact) mass is 738 g/mol. The highest BCUT2D eigenvalue weighted by Crippen LogP contribution is 2.65. The molecule has 3 aromatic carbocycles. The maximum Gasteiger partial charge on any atom is 0.151 e. The van der Waals surface area contributed by atoms with E-state index in [0.29, 0.717) is 16.0 Å². The number of nitrogens with zero attached hydrogens (tertiary/aromatic N) is 2. The number of rotatable bonds is 6. The van der Waals surface area contributed by atoms with Gasteiger partial charge in [-0.25, -0.2) is 0 Å². The molecule has 2 nitrogen and oxygen atoms in total. The molecular weight excluding hydrogens is 682 g/mol. The topological polar surface area (TPSA) is 6.48 Å². The Morgan fingerprint density at radius 1 is 0.588 bits per heavy atom. The van der Waals surface area contributed by atoms with Gasteiger partial charge in [-0.15, -0.1) is 0 Å². The van der Waals surface area contributed by atoms with Gasteiger partial charge in [-0.1, -0.05) is 141 Å². The van der Waals surface area contributed by atoms with E-state index in [-0.39, 0.29) is 7.92 Å². The fourth-order valence-electron chi connectivity index (χ4n) is 10.2. The van der Waals surface area contributed by atoms with Crippen molar-refractivity contribution in [1.29, 1.82) is 0 Å². The largest absolute Gasteiger partial charge is 0.283 e. The Balaban J connectivity index is 1.57. The Morgan fingerprint density at radius 3 is 1.49 bits per heavy atom. The molecule has 1 heterocycles. The smallest absolute Gasteiger partial charge is 0.151 e. The molecule has 0 N–H and O–H groups in total. The molecule has 270 valence electrons. The standard InChI is InChI=1S/C46H57Cl2N2P/c1-30-25-32(3)42(33(4)26-30)49-44(47)45(48)50(43-34(5)27-31(2)28-35(43)6)46(49)41-37(29-36-17-10-7-11-18-36)19-16-24-40(41)51(38-20-12-8-13-21-38)39-22-14-9-15-23-39/h7,10-11,17-18,25-29,38-40H,8-9,12-16,19-24H2,1-6H3. The minimum Gasteiger partial charge on any atom is -0.283 e.